The van der Waals surface area contributed by atoms with Crippen LogP contribution in [0.25, 0.3) is 6.08 Å². The predicted molar refractivity (Wildman–Crippen MR) is 104 cm³/mol. The van der Waals surface area contributed by atoms with Crippen LogP contribution in [-0.4, -0.2) is 17.7 Å². The van der Waals surface area contributed by atoms with E-state index in [-0.39, 0.29) is 5.91 Å². The minimum atomic E-state index is -0.128. The van der Waals surface area contributed by atoms with Gasteiger partial charge in [-0.25, -0.2) is 4.99 Å². The van der Waals surface area contributed by atoms with Crippen molar-refractivity contribution in [1.29, 1.82) is 0 Å². The van der Waals surface area contributed by atoms with Crippen molar-refractivity contribution in [3.63, 3.8) is 0 Å². The van der Waals surface area contributed by atoms with Crippen molar-refractivity contribution in [2.75, 3.05) is 6.61 Å². The van der Waals surface area contributed by atoms with Gasteiger partial charge >= 0.3 is 0 Å². The topological polar surface area (TPSA) is 50.7 Å². The van der Waals surface area contributed by atoms with Gasteiger partial charge in [0.05, 0.1) is 11.5 Å². The molecule has 2 aromatic rings. The summed E-state index contributed by atoms with van der Waals surface area (Å²) in [5.41, 5.74) is 2.99. The van der Waals surface area contributed by atoms with Gasteiger partial charge in [-0.3, -0.25) is 4.79 Å². The molecule has 1 N–H and O–H groups in total. The van der Waals surface area contributed by atoms with Gasteiger partial charge in [0.2, 0.25) is 0 Å². The Labute approximate surface area is 152 Å². The van der Waals surface area contributed by atoms with E-state index < -0.39 is 0 Å². The average molecular weight is 352 g/mol. The summed E-state index contributed by atoms with van der Waals surface area (Å²) in [6.45, 7) is 4.62. The molecular weight excluding hydrogens is 332 g/mol. The lowest BCUT2D eigenvalue weighted by Gasteiger charge is -2.06. The van der Waals surface area contributed by atoms with Crippen molar-refractivity contribution in [2.45, 2.75) is 20.3 Å². The molecule has 25 heavy (non-hydrogen) atoms. The van der Waals surface area contributed by atoms with Crippen LogP contribution in [0, 0.1) is 0 Å². The van der Waals surface area contributed by atoms with Gasteiger partial charge in [0.1, 0.15) is 11.4 Å². The van der Waals surface area contributed by atoms with Crippen molar-refractivity contribution >= 4 is 34.6 Å². The molecule has 0 atom stereocenters. The molecule has 0 aliphatic carbocycles. The first-order chi connectivity index (χ1) is 12.2. The number of carbonyl (C=O) groups is 1. The van der Waals surface area contributed by atoms with E-state index in [1.165, 1.54) is 17.3 Å². The molecule has 128 valence electrons. The van der Waals surface area contributed by atoms with E-state index >= 15 is 0 Å². The number of carbonyl (C=O) groups excluding carboxylic acids is 1. The fraction of sp³-hybridized carbons (Fsp3) is 0.200. The van der Waals surface area contributed by atoms with Crippen LogP contribution in [0.1, 0.15) is 25.0 Å². The third-order valence-corrected chi connectivity index (χ3v) is 4.63. The number of thioether (sulfide) groups is 1. The molecule has 1 fully saturated rings. The third-order valence-electron chi connectivity index (χ3n) is 3.72. The normalized spacial score (nSPS) is 17.1. The van der Waals surface area contributed by atoms with Gasteiger partial charge in [-0.15, -0.1) is 0 Å². The van der Waals surface area contributed by atoms with Gasteiger partial charge in [-0.05, 0) is 54.4 Å². The number of aliphatic imine (C=N–C) groups is 1. The minimum Gasteiger partial charge on any atom is -0.492 e. The third kappa shape index (κ3) is 4.31. The molecule has 1 amide bonds. The summed E-state index contributed by atoms with van der Waals surface area (Å²) in [4.78, 5) is 17.4. The van der Waals surface area contributed by atoms with E-state index in [0.29, 0.717) is 28.1 Å². The van der Waals surface area contributed by atoms with Crippen LogP contribution in [0.15, 0.2) is 58.4 Å². The number of amides is 1. The molecule has 1 heterocycles. The number of hydrogen-bond acceptors (Lipinski definition) is 4. The first-order valence-electron chi connectivity index (χ1n) is 8.30. The van der Waals surface area contributed by atoms with Crippen LogP contribution in [0.2, 0.25) is 0 Å². The monoisotopic (exact) mass is 352 g/mol. The van der Waals surface area contributed by atoms with Crippen molar-refractivity contribution < 1.29 is 9.53 Å². The fourth-order valence-electron chi connectivity index (χ4n) is 2.42. The average Bonchev–Trinajstić information content (AvgIpc) is 2.97. The molecule has 0 saturated carbocycles. The Balaban J connectivity index is 1.81. The SMILES string of the molecule is CCOc1ccccc1N=C1NC(=O)/C(=C/c2ccc(CC)cc2)S1. The maximum atomic E-state index is 12.2. The summed E-state index contributed by atoms with van der Waals surface area (Å²) in [6, 6.07) is 15.8. The number of amidine groups is 1. The van der Waals surface area contributed by atoms with Crippen LogP contribution in [0.3, 0.4) is 0 Å². The summed E-state index contributed by atoms with van der Waals surface area (Å²) in [5, 5.41) is 3.38. The van der Waals surface area contributed by atoms with E-state index in [0.717, 1.165) is 12.0 Å². The van der Waals surface area contributed by atoms with Crippen LogP contribution < -0.4 is 10.1 Å². The zero-order valence-electron chi connectivity index (χ0n) is 14.3. The number of nitrogens with one attached hydrogen (secondary N) is 1. The van der Waals surface area contributed by atoms with E-state index in [4.69, 9.17) is 4.74 Å². The number of aryl methyl sites for hydroxylation is 1. The number of rotatable bonds is 5. The summed E-state index contributed by atoms with van der Waals surface area (Å²) >= 11 is 1.34. The van der Waals surface area contributed by atoms with E-state index in [1.807, 2.05) is 49.4 Å². The van der Waals surface area contributed by atoms with E-state index in [2.05, 4.69) is 29.4 Å². The molecule has 3 rings (SSSR count). The van der Waals surface area contributed by atoms with Gasteiger partial charge in [-0.2, -0.15) is 0 Å². The fourth-order valence-corrected chi connectivity index (χ4v) is 3.25. The Morgan fingerprint density at radius 2 is 1.88 bits per heavy atom. The molecule has 1 aliphatic heterocycles. The second-order valence-electron chi connectivity index (χ2n) is 5.48. The standard InChI is InChI=1S/C20H20N2O2S/c1-3-14-9-11-15(12-10-14)13-18-19(23)22-20(25-18)21-16-7-5-6-8-17(16)24-4-2/h5-13H,3-4H2,1-2H3,(H,21,22,23)/b18-13-. The highest BCUT2D eigenvalue weighted by Crippen LogP contribution is 2.32. The molecule has 0 unspecified atom stereocenters. The Bertz CT molecular complexity index is 826. The molecule has 0 bridgehead atoms. The number of hydrogen-bond donors (Lipinski definition) is 1. The molecule has 4 nitrogen and oxygen atoms in total. The summed E-state index contributed by atoms with van der Waals surface area (Å²) in [7, 11) is 0. The Morgan fingerprint density at radius 3 is 2.60 bits per heavy atom. The highest BCUT2D eigenvalue weighted by atomic mass is 32.2. The number of ether oxygens (including phenoxy) is 1. The maximum Gasteiger partial charge on any atom is 0.264 e. The van der Waals surface area contributed by atoms with Gasteiger partial charge in [0.25, 0.3) is 5.91 Å². The van der Waals surface area contributed by atoms with Gasteiger partial charge in [0.15, 0.2) is 5.17 Å². The molecule has 0 spiro atoms. The maximum absolute atomic E-state index is 12.2. The van der Waals surface area contributed by atoms with Crippen LogP contribution in [0.4, 0.5) is 5.69 Å². The number of para-hydroxylation sites is 2. The van der Waals surface area contributed by atoms with Gasteiger partial charge < -0.3 is 10.1 Å². The lowest BCUT2D eigenvalue weighted by molar-refractivity contribution is -0.115. The van der Waals surface area contributed by atoms with Crippen LogP contribution in [-0.2, 0) is 11.2 Å². The molecule has 5 heteroatoms. The number of nitrogens with zero attached hydrogens (tertiary/aromatic N) is 1. The lowest BCUT2D eigenvalue weighted by atomic mass is 10.1. The largest absolute Gasteiger partial charge is 0.492 e. The predicted octanol–water partition coefficient (Wildman–Crippen LogP) is 4.54. The van der Waals surface area contributed by atoms with Crippen LogP contribution >= 0.6 is 11.8 Å². The first-order valence-corrected chi connectivity index (χ1v) is 9.11. The molecule has 1 aliphatic rings. The molecule has 0 aromatic heterocycles. The smallest absolute Gasteiger partial charge is 0.264 e. The second kappa shape index (κ2) is 8.03. The Morgan fingerprint density at radius 1 is 1.12 bits per heavy atom. The van der Waals surface area contributed by atoms with Crippen molar-refractivity contribution in [3.05, 3.63) is 64.6 Å². The second-order valence-corrected chi connectivity index (χ2v) is 6.51. The lowest BCUT2D eigenvalue weighted by Crippen LogP contribution is -2.19. The highest BCUT2D eigenvalue weighted by molar-refractivity contribution is 8.18. The molecule has 1 saturated heterocycles. The molecule has 2 aromatic carbocycles. The van der Waals surface area contributed by atoms with Crippen molar-refractivity contribution in [3.8, 4) is 5.75 Å². The summed E-state index contributed by atoms with van der Waals surface area (Å²) in [6.07, 6.45) is 2.89. The van der Waals surface area contributed by atoms with Crippen molar-refractivity contribution in [2.24, 2.45) is 4.99 Å². The van der Waals surface area contributed by atoms with Crippen molar-refractivity contribution in [1.82, 2.24) is 5.32 Å². The summed E-state index contributed by atoms with van der Waals surface area (Å²) in [5.74, 6) is 0.581. The Hall–Kier alpha value is -2.53. The van der Waals surface area contributed by atoms with Gasteiger partial charge in [0, 0.05) is 0 Å². The van der Waals surface area contributed by atoms with E-state index in [1.54, 1.807) is 0 Å². The highest BCUT2D eigenvalue weighted by Gasteiger charge is 2.24. The number of benzene rings is 2. The van der Waals surface area contributed by atoms with Crippen LogP contribution in [0.5, 0.6) is 5.75 Å². The molecular formula is C20H20N2O2S. The quantitative estimate of drug-likeness (QED) is 0.804. The minimum absolute atomic E-state index is 0.128. The molecule has 0 radical (unpaired) electrons. The first kappa shape index (κ1) is 17.3. The van der Waals surface area contributed by atoms with Gasteiger partial charge in [-0.1, -0.05) is 43.3 Å². The summed E-state index contributed by atoms with van der Waals surface area (Å²) < 4.78 is 5.57. The Kier molecular flexibility index (Phi) is 5.56. The zero-order chi connectivity index (χ0) is 17.6. The van der Waals surface area contributed by atoms with E-state index in [9.17, 15) is 4.79 Å². The zero-order valence-corrected chi connectivity index (χ0v) is 15.1.